The van der Waals surface area contributed by atoms with Crippen LogP contribution in [0.2, 0.25) is 0 Å². The summed E-state index contributed by atoms with van der Waals surface area (Å²) >= 11 is 0. The lowest BCUT2D eigenvalue weighted by molar-refractivity contribution is -0.159. The van der Waals surface area contributed by atoms with Gasteiger partial charge >= 0.3 is 5.97 Å². The predicted octanol–water partition coefficient (Wildman–Crippen LogP) is 1.32. The van der Waals surface area contributed by atoms with E-state index in [0.29, 0.717) is 11.8 Å². The largest absolute Gasteiger partial charge is 0.432 e. The number of fused-ring (bicyclic) bond motifs is 3. The first-order valence-electron chi connectivity index (χ1n) is 5.01. The van der Waals surface area contributed by atoms with Gasteiger partial charge in [0.05, 0.1) is 5.92 Å². The molecule has 3 aliphatic rings. The number of hydrogen-bond acceptors (Lipinski definition) is 3. The Labute approximate surface area is 77.4 Å². The van der Waals surface area contributed by atoms with Crippen LogP contribution in [0.1, 0.15) is 26.7 Å². The molecule has 2 heterocycles. The molecule has 0 bridgehead atoms. The molecule has 2 saturated heterocycles. The fraction of sp³-hybridized carbons (Fsp3) is 0.900. The van der Waals surface area contributed by atoms with Gasteiger partial charge in [-0.15, -0.1) is 0 Å². The van der Waals surface area contributed by atoms with Crippen LogP contribution in [0.15, 0.2) is 0 Å². The van der Waals surface area contributed by atoms with Gasteiger partial charge in [0.15, 0.2) is 0 Å². The first-order valence-corrected chi connectivity index (χ1v) is 5.01. The second-order valence-electron chi connectivity index (χ2n) is 4.76. The number of carbonyl (C=O) groups is 1. The minimum Gasteiger partial charge on any atom is -0.432 e. The average Bonchev–Trinajstić information content (AvgIpc) is 2.56. The number of carbonyl (C=O) groups excluding carboxylic acids is 1. The van der Waals surface area contributed by atoms with Gasteiger partial charge in [0.25, 0.3) is 0 Å². The molecule has 0 unspecified atom stereocenters. The molecule has 1 saturated carbocycles. The number of hydrogen-bond donors (Lipinski definition) is 0. The average molecular weight is 182 g/mol. The SMILES string of the molecule is C[C@H]1CC[C@H]2[C@@H]1C(=O)O[C@@H]1O[C@@]12C. The summed E-state index contributed by atoms with van der Waals surface area (Å²) in [6, 6.07) is 0. The molecule has 0 N–H and O–H groups in total. The molecule has 3 nitrogen and oxygen atoms in total. The van der Waals surface area contributed by atoms with E-state index in [2.05, 4.69) is 13.8 Å². The molecule has 0 amide bonds. The van der Waals surface area contributed by atoms with Crippen molar-refractivity contribution in [2.75, 3.05) is 0 Å². The van der Waals surface area contributed by atoms with E-state index in [1.807, 2.05) is 0 Å². The second-order valence-corrected chi connectivity index (χ2v) is 4.76. The first kappa shape index (κ1) is 7.80. The van der Waals surface area contributed by atoms with E-state index in [0.717, 1.165) is 12.8 Å². The highest BCUT2D eigenvalue weighted by atomic mass is 16.8. The van der Waals surface area contributed by atoms with Crippen LogP contribution in [0.3, 0.4) is 0 Å². The van der Waals surface area contributed by atoms with Gasteiger partial charge in [0.2, 0.25) is 6.29 Å². The lowest BCUT2D eigenvalue weighted by atomic mass is 9.80. The highest BCUT2D eigenvalue weighted by molar-refractivity contribution is 5.75. The van der Waals surface area contributed by atoms with Gasteiger partial charge in [-0.25, -0.2) is 0 Å². The molecule has 0 aromatic rings. The Hall–Kier alpha value is -0.570. The van der Waals surface area contributed by atoms with E-state index < -0.39 is 0 Å². The van der Waals surface area contributed by atoms with Crippen LogP contribution in [-0.2, 0) is 14.3 Å². The van der Waals surface area contributed by atoms with Crippen molar-refractivity contribution in [3.8, 4) is 0 Å². The number of epoxide rings is 1. The van der Waals surface area contributed by atoms with Crippen molar-refractivity contribution < 1.29 is 14.3 Å². The zero-order valence-electron chi connectivity index (χ0n) is 7.95. The highest BCUT2D eigenvalue weighted by Crippen LogP contribution is 2.57. The Morgan fingerprint density at radius 3 is 3.00 bits per heavy atom. The van der Waals surface area contributed by atoms with Crippen LogP contribution in [0, 0.1) is 17.8 Å². The molecule has 3 fully saturated rings. The van der Waals surface area contributed by atoms with Crippen molar-refractivity contribution in [1.29, 1.82) is 0 Å². The number of esters is 1. The van der Waals surface area contributed by atoms with Crippen LogP contribution in [0.5, 0.6) is 0 Å². The second kappa shape index (κ2) is 2.08. The Morgan fingerprint density at radius 2 is 2.23 bits per heavy atom. The quantitative estimate of drug-likeness (QED) is 0.419. The zero-order valence-corrected chi connectivity index (χ0v) is 7.95. The van der Waals surface area contributed by atoms with Crippen molar-refractivity contribution in [3.05, 3.63) is 0 Å². The highest BCUT2D eigenvalue weighted by Gasteiger charge is 2.69. The standard InChI is InChI=1S/C10H14O3/c1-5-3-4-6-7(5)8(11)12-9-10(6,2)13-9/h5-7,9H,3-4H2,1-2H3/t5-,6-,7+,9+,10+/m0/s1. The molecule has 0 aromatic carbocycles. The molecular weight excluding hydrogens is 168 g/mol. The molecule has 3 rings (SSSR count). The molecule has 0 radical (unpaired) electrons. The normalized spacial score (nSPS) is 58.2. The summed E-state index contributed by atoms with van der Waals surface area (Å²) in [4.78, 5) is 11.6. The molecule has 3 heteroatoms. The molecule has 0 aromatic heterocycles. The molecular formula is C10H14O3. The van der Waals surface area contributed by atoms with Crippen molar-refractivity contribution in [2.45, 2.75) is 38.6 Å². The molecule has 2 aliphatic heterocycles. The lowest BCUT2D eigenvalue weighted by Crippen LogP contribution is -2.40. The van der Waals surface area contributed by atoms with Gasteiger partial charge in [-0.1, -0.05) is 6.92 Å². The molecule has 1 aliphatic carbocycles. The van der Waals surface area contributed by atoms with Crippen LogP contribution < -0.4 is 0 Å². The molecule has 13 heavy (non-hydrogen) atoms. The maximum atomic E-state index is 11.6. The van der Waals surface area contributed by atoms with Crippen molar-refractivity contribution in [3.63, 3.8) is 0 Å². The molecule has 0 spiro atoms. The van der Waals surface area contributed by atoms with E-state index in [9.17, 15) is 4.79 Å². The third-order valence-electron chi connectivity index (χ3n) is 3.98. The predicted molar refractivity (Wildman–Crippen MR) is 44.7 cm³/mol. The van der Waals surface area contributed by atoms with Gasteiger partial charge in [-0.2, -0.15) is 0 Å². The zero-order chi connectivity index (χ0) is 9.22. The maximum Gasteiger partial charge on any atom is 0.312 e. The summed E-state index contributed by atoms with van der Waals surface area (Å²) in [6.07, 6.45) is 2.02. The van der Waals surface area contributed by atoms with Gasteiger partial charge in [-0.05, 0) is 25.7 Å². The van der Waals surface area contributed by atoms with Crippen LogP contribution in [0.4, 0.5) is 0 Å². The molecule has 5 atom stereocenters. The van der Waals surface area contributed by atoms with Gasteiger partial charge in [0.1, 0.15) is 5.60 Å². The fourth-order valence-electron chi connectivity index (χ4n) is 3.02. The van der Waals surface area contributed by atoms with Crippen molar-refractivity contribution in [1.82, 2.24) is 0 Å². The Kier molecular flexibility index (Phi) is 1.25. The Morgan fingerprint density at radius 1 is 1.46 bits per heavy atom. The number of ether oxygens (including phenoxy) is 2. The fourth-order valence-corrected chi connectivity index (χ4v) is 3.02. The Balaban J connectivity index is 1.96. The summed E-state index contributed by atoms with van der Waals surface area (Å²) < 4.78 is 10.6. The van der Waals surface area contributed by atoms with Crippen molar-refractivity contribution in [2.24, 2.45) is 17.8 Å². The third kappa shape index (κ3) is 0.810. The first-order chi connectivity index (χ1) is 6.13. The van der Waals surface area contributed by atoms with Crippen LogP contribution in [0.25, 0.3) is 0 Å². The van der Waals surface area contributed by atoms with Crippen LogP contribution in [-0.4, -0.2) is 17.9 Å². The lowest BCUT2D eigenvalue weighted by Gasteiger charge is -2.27. The summed E-state index contributed by atoms with van der Waals surface area (Å²) in [6.45, 7) is 4.21. The van der Waals surface area contributed by atoms with Crippen molar-refractivity contribution >= 4 is 5.97 Å². The summed E-state index contributed by atoms with van der Waals surface area (Å²) in [5.74, 6) is 0.951. The minimum atomic E-state index is -0.230. The monoisotopic (exact) mass is 182 g/mol. The van der Waals surface area contributed by atoms with E-state index in [1.54, 1.807) is 0 Å². The Bertz CT molecular complexity index is 275. The van der Waals surface area contributed by atoms with Gasteiger partial charge in [-0.3, -0.25) is 4.79 Å². The van der Waals surface area contributed by atoms with Crippen LogP contribution >= 0.6 is 0 Å². The third-order valence-corrected chi connectivity index (χ3v) is 3.98. The van der Waals surface area contributed by atoms with E-state index in [-0.39, 0.29) is 23.8 Å². The minimum absolute atomic E-state index is 0.0324. The van der Waals surface area contributed by atoms with E-state index in [4.69, 9.17) is 9.47 Å². The van der Waals surface area contributed by atoms with Gasteiger partial charge < -0.3 is 9.47 Å². The molecule has 72 valence electrons. The summed E-state index contributed by atoms with van der Waals surface area (Å²) in [7, 11) is 0. The van der Waals surface area contributed by atoms with Gasteiger partial charge in [0, 0.05) is 5.92 Å². The number of rotatable bonds is 0. The van der Waals surface area contributed by atoms with E-state index >= 15 is 0 Å². The summed E-state index contributed by atoms with van der Waals surface area (Å²) in [5, 5.41) is 0. The maximum absolute atomic E-state index is 11.6. The topological polar surface area (TPSA) is 38.8 Å². The van der Waals surface area contributed by atoms with E-state index in [1.165, 1.54) is 0 Å². The summed E-state index contributed by atoms with van der Waals surface area (Å²) in [5.41, 5.74) is -0.136. The smallest absolute Gasteiger partial charge is 0.312 e.